The fraction of sp³-hybridized carbons (Fsp3) is 0.500. The second kappa shape index (κ2) is 4.45. The van der Waals surface area contributed by atoms with Crippen LogP contribution >= 0.6 is 23.2 Å². The highest BCUT2D eigenvalue weighted by Crippen LogP contribution is 2.20. The van der Waals surface area contributed by atoms with Gasteiger partial charge in [0.15, 0.2) is 11.0 Å². The van der Waals surface area contributed by atoms with Crippen LogP contribution in [0.4, 0.5) is 0 Å². The summed E-state index contributed by atoms with van der Waals surface area (Å²) in [5.41, 5.74) is 0. The van der Waals surface area contributed by atoms with Crippen molar-refractivity contribution in [3.05, 3.63) is 23.1 Å². The van der Waals surface area contributed by atoms with Gasteiger partial charge in [0.1, 0.15) is 0 Å². The highest BCUT2D eigenvalue weighted by Gasteiger charge is 2.24. The first kappa shape index (κ1) is 10.8. The Morgan fingerprint density at radius 3 is 2.60 bits per heavy atom. The minimum Gasteiger partial charge on any atom is -0.440 e. The zero-order chi connectivity index (χ0) is 10.8. The van der Waals surface area contributed by atoms with E-state index in [9.17, 15) is 4.79 Å². The first-order chi connectivity index (χ1) is 7.16. The second-order valence-corrected chi connectivity index (χ2v) is 4.56. The second-order valence-electron chi connectivity index (χ2n) is 3.57. The van der Waals surface area contributed by atoms with Crippen molar-refractivity contribution in [3.8, 4) is 0 Å². The summed E-state index contributed by atoms with van der Waals surface area (Å²) in [7, 11) is 0. The lowest BCUT2D eigenvalue weighted by molar-refractivity contribution is 0.0694. The van der Waals surface area contributed by atoms with Gasteiger partial charge in [-0.05, 0) is 36.6 Å². The standard InChI is InChI=1S/C10H11Cl2NO2/c11-7-3-5-13(6-4-7)10(14)8-1-2-9(12)15-8/h1-2,7H,3-6H2. The van der Waals surface area contributed by atoms with Gasteiger partial charge in [-0.1, -0.05) is 0 Å². The fourth-order valence-electron chi connectivity index (χ4n) is 1.64. The average molecular weight is 248 g/mol. The molecule has 0 spiro atoms. The van der Waals surface area contributed by atoms with Gasteiger partial charge in [-0.3, -0.25) is 4.79 Å². The van der Waals surface area contributed by atoms with Crippen LogP contribution in [0.15, 0.2) is 16.5 Å². The van der Waals surface area contributed by atoms with Gasteiger partial charge in [0.2, 0.25) is 0 Å². The molecular weight excluding hydrogens is 237 g/mol. The van der Waals surface area contributed by atoms with Gasteiger partial charge in [0, 0.05) is 18.5 Å². The zero-order valence-corrected chi connectivity index (χ0v) is 9.59. The van der Waals surface area contributed by atoms with Gasteiger partial charge < -0.3 is 9.32 Å². The molecule has 1 aliphatic heterocycles. The molecule has 0 N–H and O–H groups in total. The maximum absolute atomic E-state index is 11.9. The largest absolute Gasteiger partial charge is 0.440 e. The van der Waals surface area contributed by atoms with Crippen LogP contribution in [0.3, 0.4) is 0 Å². The van der Waals surface area contributed by atoms with Gasteiger partial charge in [-0.25, -0.2) is 0 Å². The third kappa shape index (κ3) is 2.47. The minimum atomic E-state index is -0.106. The summed E-state index contributed by atoms with van der Waals surface area (Å²) in [4.78, 5) is 13.6. The quantitative estimate of drug-likeness (QED) is 0.716. The molecule has 1 saturated heterocycles. The molecule has 0 bridgehead atoms. The van der Waals surface area contributed by atoms with E-state index in [2.05, 4.69) is 0 Å². The van der Waals surface area contributed by atoms with Crippen LogP contribution in [0.1, 0.15) is 23.4 Å². The summed E-state index contributed by atoms with van der Waals surface area (Å²) < 4.78 is 5.07. The first-order valence-corrected chi connectivity index (χ1v) is 5.67. The number of alkyl halides is 1. The zero-order valence-electron chi connectivity index (χ0n) is 8.08. The number of nitrogens with zero attached hydrogens (tertiary/aromatic N) is 1. The van der Waals surface area contributed by atoms with Crippen molar-refractivity contribution in [1.29, 1.82) is 0 Å². The number of furan rings is 1. The number of carbonyl (C=O) groups excluding carboxylic acids is 1. The molecule has 0 saturated carbocycles. The van der Waals surface area contributed by atoms with Crippen LogP contribution in [0.25, 0.3) is 0 Å². The minimum absolute atomic E-state index is 0.106. The lowest BCUT2D eigenvalue weighted by atomic mass is 10.1. The Labute approximate surface area is 97.9 Å². The Hall–Kier alpha value is -0.670. The summed E-state index contributed by atoms with van der Waals surface area (Å²) >= 11 is 11.6. The highest BCUT2D eigenvalue weighted by molar-refractivity contribution is 6.29. The summed E-state index contributed by atoms with van der Waals surface area (Å²) in [6.45, 7) is 1.37. The summed E-state index contributed by atoms with van der Waals surface area (Å²) in [5, 5.41) is 0.430. The Balaban J connectivity index is 2.02. The molecule has 15 heavy (non-hydrogen) atoms. The van der Waals surface area contributed by atoms with E-state index in [0.717, 1.165) is 12.8 Å². The number of likely N-dealkylation sites (tertiary alicyclic amines) is 1. The van der Waals surface area contributed by atoms with E-state index in [1.54, 1.807) is 17.0 Å². The Kier molecular flexibility index (Phi) is 3.22. The number of halogens is 2. The smallest absolute Gasteiger partial charge is 0.289 e. The van der Waals surface area contributed by atoms with E-state index < -0.39 is 0 Å². The van der Waals surface area contributed by atoms with E-state index >= 15 is 0 Å². The number of piperidine rings is 1. The molecule has 1 aromatic heterocycles. The molecule has 1 aliphatic rings. The van der Waals surface area contributed by atoms with E-state index in [4.69, 9.17) is 27.6 Å². The number of hydrogen-bond donors (Lipinski definition) is 0. The molecule has 5 heteroatoms. The van der Waals surface area contributed by atoms with Crippen molar-refractivity contribution in [2.24, 2.45) is 0 Å². The Bertz CT molecular complexity index is 356. The fourth-order valence-corrected chi connectivity index (χ4v) is 1.98. The molecule has 0 aliphatic carbocycles. The monoisotopic (exact) mass is 247 g/mol. The SMILES string of the molecule is O=C(c1ccc(Cl)o1)N1CCC(Cl)CC1. The predicted octanol–water partition coefficient (Wildman–Crippen LogP) is 2.78. The highest BCUT2D eigenvalue weighted by atomic mass is 35.5. The molecule has 0 atom stereocenters. The topological polar surface area (TPSA) is 33.5 Å². The van der Waals surface area contributed by atoms with Crippen molar-refractivity contribution in [3.63, 3.8) is 0 Å². The van der Waals surface area contributed by atoms with Crippen LogP contribution in [0.2, 0.25) is 5.22 Å². The van der Waals surface area contributed by atoms with Crippen LogP contribution < -0.4 is 0 Å². The Morgan fingerprint density at radius 1 is 1.40 bits per heavy atom. The first-order valence-electron chi connectivity index (χ1n) is 4.85. The molecule has 0 unspecified atom stereocenters. The number of hydrogen-bond acceptors (Lipinski definition) is 2. The van der Waals surface area contributed by atoms with E-state index in [-0.39, 0.29) is 16.5 Å². The molecule has 0 aromatic carbocycles. The average Bonchev–Trinajstić information content (AvgIpc) is 2.65. The molecular formula is C10H11Cl2NO2. The van der Waals surface area contributed by atoms with Crippen molar-refractivity contribution in [2.75, 3.05) is 13.1 Å². The third-order valence-corrected chi connectivity index (χ3v) is 3.14. The van der Waals surface area contributed by atoms with Crippen molar-refractivity contribution < 1.29 is 9.21 Å². The molecule has 1 aromatic rings. The molecule has 0 radical (unpaired) electrons. The van der Waals surface area contributed by atoms with Gasteiger partial charge in [-0.15, -0.1) is 11.6 Å². The molecule has 2 rings (SSSR count). The van der Waals surface area contributed by atoms with Crippen LogP contribution in [0, 0.1) is 0 Å². The number of amides is 1. The molecule has 1 fully saturated rings. The predicted molar refractivity (Wildman–Crippen MR) is 58.5 cm³/mol. The lowest BCUT2D eigenvalue weighted by Crippen LogP contribution is -2.38. The van der Waals surface area contributed by atoms with Gasteiger partial charge in [-0.2, -0.15) is 0 Å². The van der Waals surface area contributed by atoms with Crippen LogP contribution in [-0.2, 0) is 0 Å². The lowest BCUT2D eigenvalue weighted by Gasteiger charge is -2.28. The van der Waals surface area contributed by atoms with Crippen LogP contribution in [-0.4, -0.2) is 29.3 Å². The van der Waals surface area contributed by atoms with Gasteiger partial charge >= 0.3 is 0 Å². The molecule has 3 nitrogen and oxygen atoms in total. The number of rotatable bonds is 1. The van der Waals surface area contributed by atoms with Crippen molar-refractivity contribution in [1.82, 2.24) is 4.90 Å². The summed E-state index contributed by atoms with van der Waals surface area (Å²) in [5.74, 6) is 0.193. The van der Waals surface area contributed by atoms with E-state index in [1.807, 2.05) is 0 Å². The maximum Gasteiger partial charge on any atom is 0.289 e. The Morgan fingerprint density at radius 2 is 2.07 bits per heavy atom. The van der Waals surface area contributed by atoms with Crippen molar-refractivity contribution in [2.45, 2.75) is 18.2 Å². The van der Waals surface area contributed by atoms with E-state index in [1.165, 1.54) is 0 Å². The molecule has 2 heterocycles. The molecule has 1 amide bonds. The van der Waals surface area contributed by atoms with Crippen LogP contribution in [0.5, 0.6) is 0 Å². The van der Waals surface area contributed by atoms with Gasteiger partial charge in [0.05, 0.1) is 0 Å². The summed E-state index contributed by atoms with van der Waals surface area (Å²) in [6, 6.07) is 3.17. The maximum atomic E-state index is 11.9. The molecule has 82 valence electrons. The van der Waals surface area contributed by atoms with Gasteiger partial charge in [0.25, 0.3) is 5.91 Å². The summed E-state index contributed by atoms with van der Waals surface area (Å²) in [6.07, 6.45) is 1.67. The van der Waals surface area contributed by atoms with E-state index in [0.29, 0.717) is 18.8 Å². The number of carbonyl (C=O) groups is 1. The third-order valence-electron chi connectivity index (χ3n) is 2.50. The normalized spacial score (nSPS) is 18.1. The van der Waals surface area contributed by atoms with Crippen molar-refractivity contribution >= 4 is 29.1 Å².